The first-order valence-electron chi connectivity index (χ1n) is 4.59. The van der Waals surface area contributed by atoms with Gasteiger partial charge in [0.25, 0.3) is 0 Å². The topological polar surface area (TPSA) is 107 Å². The molecule has 0 saturated heterocycles. The molecule has 0 heterocycles. The van der Waals surface area contributed by atoms with E-state index in [1.54, 1.807) is 6.92 Å². The number of aryl methyl sites for hydroxylation is 1. The largest absolute Gasteiger partial charge is 0.480 e. The summed E-state index contributed by atoms with van der Waals surface area (Å²) in [7, 11) is -3.84. The van der Waals surface area contributed by atoms with Gasteiger partial charge in [-0.15, -0.1) is 0 Å². The molecule has 90 valence electrons. The highest BCUT2D eigenvalue weighted by atomic mass is 32.2. The van der Waals surface area contributed by atoms with E-state index in [4.69, 9.17) is 10.4 Å². The number of benzene rings is 1. The van der Waals surface area contributed by atoms with Crippen LogP contribution in [-0.4, -0.2) is 26.0 Å². The minimum Gasteiger partial charge on any atom is -0.480 e. The summed E-state index contributed by atoms with van der Waals surface area (Å²) in [5, 5.41) is 17.1. The summed E-state index contributed by atoms with van der Waals surface area (Å²) >= 11 is 0. The third-order valence-corrected chi connectivity index (χ3v) is 3.44. The van der Waals surface area contributed by atoms with E-state index in [1.807, 2.05) is 10.8 Å². The van der Waals surface area contributed by atoms with Crippen LogP contribution in [0.15, 0.2) is 23.1 Å². The molecule has 0 unspecified atom stereocenters. The van der Waals surface area contributed by atoms with Crippen LogP contribution in [0.25, 0.3) is 0 Å². The number of aliphatic carboxylic acids is 1. The average Bonchev–Trinajstić information content (AvgIpc) is 2.26. The molecule has 0 amide bonds. The Balaban J connectivity index is 3.05. The standard InChI is InChI=1S/C10H10N2O4S/c1-7-4-9(3-2-8(7)5-11)17(15,16)12-6-10(13)14/h2-4,12H,6H2,1H3,(H,13,14). The van der Waals surface area contributed by atoms with Gasteiger partial charge in [-0.3, -0.25) is 4.79 Å². The van der Waals surface area contributed by atoms with Gasteiger partial charge in [0.05, 0.1) is 16.5 Å². The van der Waals surface area contributed by atoms with E-state index in [9.17, 15) is 13.2 Å². The van der Waals surface area contributed by atoms with Gasteiger partial charge in [-0.1, -0.05) is 0 Å². The fraction of sp³-hybridized carbons (Fsp3) is 0.200. The Morgan fingerprint density at radius 2 is 2.18 bits per heavy atom. The molecular formula is C10H10N2O4S. The lowest BCUT2D eigenvalue weighted by atomic mass is 10.1. The SMILES string of the molecule is Cc1cc(S(=O)(=O)NCC(=O)O)ccc1C#N. The molecular weight excluding hydrogens is 244 g/mol. The molecule has 2 N–H and O–H groups in total. The normalized spacial score (nSPS) is 10.8. The first-order valence-corrected chi connectivity index (χ1v) is 6.07. The van der Waals surface area contributed by atoms with Crippen molar-refractivity contribution in [2.24, 2.45) is 0 Å². The minimum absolute atomic E-state index is 0.0600. The lowest BCUT2D eigenvalue weighted by molar-refractivity contribution is -0.135. The van der Waals surface area contributed by atoms with Crippen molar-refractivity contribution in [3.63, 3.8) is 0 Å². The van der Waals surface area contributed by atoms with E-state index >= 15 is 0 Å². The number of carboxylic acid groups (broad SMARTS) is 1. The van der Waals surface area contributed by atoms with E-state index < -0.39 is 22.5 Å². The van der Waals surface area contributed by atoms with Crippen LogP contribution in [0.1, 0.15) is 11.1 Å². The van der Waals surface area contributed by atoms with Crippen molar-refractivity contribution >= 4 is 16.0 Å². The van der Waals surface area contributed by atoms with E-state index in [2.05, 4.69) is 0 Å². The summed E-state index contributed by atoms with van der Waals surface area (Å²) in [5.74, 6) is -1.26. The van der Waals surface area contributed by atoms with Crippen LogP contribution < -0.4 is 4.72 Å². The van der Waals surface area contributed by atoms with Gasteiger partial charge in [0, 0.05) is 0 Å². The van der Waals surface area contributed by atoms with E-state index in [0.29, 0.717) is 11.1 Å². The summed E-state index contributed by atoms with van der Waals surface area (Å²) in [6, 6.07) is 5.88. The molecule has 0 saturated carbocycles. The quantitative estimate of drug-likeness (QED) is 0.799. The van der Waals surface area contributed by atoms with Gasteiger partial charge >= 0.3 is 5.97 Å². The van der Waals surface area contributed by atoms with Crippen molar-refractivity contribution in [3.8, 4) is 6.07 Å². The monoisotopic (exact) mass is 254 g/mol. The van der Waals surface area contributed by atoms with Crippen LogP contribution in [0.4, 0.5) is 0 Å². The van der Waals surface area contributed by atoms with Crippen molar-refractivity contribution < 1.29 is 18.3 Å². The maximum atomic E-state index is 11.6. The summed E-state index contributed by atoms with van der Waals surface area (Å²) < 4.78 is 25.2. The van der Waals surface area contributed by atoms with Crippen LogP contribution >= 0.6 is 0 Å². The average molecular weight is 254 g/mol. The minimum atomic E-state index is -3.84. The number of hydrogen-bond donors (Lipinski definition) is 2. The van der Waals surface area contributed by atoms with Crippen molar-refractivity contribution in [2.75, 3.05) is 6.54 Å². The van der Waals surface area contributed by atoms with Crippen LogP contribution in [0, 0.1) is 18.3 Å². The van der Waals surface area contributed by atoms with Crippen molar-refractivity contribution in [2.45, 2.75) is 11.8 Å². The molecule has 0 aliphatic rings. The predicted molar refractivity (Wildman–Crippen MR) is 58.7 cm³/mol. The summed E-state index contributed by atoms with van der Waals surface area (Å²) in [5.41, 5.74) is 0.896. The predicted octanol–water partition coefficient (Wildman–Crippen LogP) is 0.230. The second-order valence-electron chi connectivity index (χ2n) is 3.31. The van der Waals surface area contributed by atoms with Gasteiger partial charge < -0.3 is 5.11 Å². The first-order chi connectivity index (χ1) is 7.86. The number of carboxylic acids is 1. The smallest absolute Gasteiger partial charge is 0.318 e. The molecule has 0 aliphatic carbocycles. The second-order valence-corrected chi connectivity index (χ2v) is 5.07. The molecule has 0 spiro atoms. The molecule has 6 nitrogen and oxygen atoms in total. The van der Waals surface area contributed by atoms with Crippen molar-refractivity contribution in [1.29, 1.82) is 5.26 Å². The highest BCUT2D eigenvalue weighted by molar-refractivity contribution is 7.89. The van der Waals surface area contributed by atoms with Crippen LogP contribution in [0.3, 0.4) is 0 Å². The number of sulfonamides is 1. The molecule has 1 aromatic rings. The third kappa shape index (κ3) is 3.27. The second kappa shape index (κ2) is 4.95. The Morgan fingerprint density at radius 1 is 1.53 bits per heavy atom. The number of nitriles is 1. The Bertz CT molecular complexity index is 587. The fourth-order valence-corrected chi connectivity index (χ4v) is 2.23. The molecule has 17 heavy (non-hydrogen) atoms. The van der Waals surface area contributed by atoms with Crippen LogP contribution in [0.2, 0.25) is 0 Å². The Morgan fingerprint density at radius 3 is 2.65 bits per heavy atom. The molecule has 1 aromatic carbocycles. The van der Waals surface area contributed by atoms with Gasteiger partial charge in [-0.2, -0.15) is 9.98 Å². The highest BCUT2D eigenvalue weighted by Gasteiger charge is 2.15. The summed E-state index contributed by atoms with van der Waals surface area (Å²) in [4.78, 5) is 10.2. The zero-order valence-corrected chi connectivity index (χ0v) is 9.78. The summed E-state index contributed by atoms with van der Waals surface area (Å²) in [6.07, 6.45) is 0. The Hall–Kier alpha value is -1.91. The van der Waals surface area contributed by atoms with Crippen molar-refractivity contribution in [3.05, 3.63) is 29.3 Å². The van der Waals surface area contributed by atoms with Gasteiger partial charge in [0.2, 0.25) is 10.0 Å². The van der Waals surface area contributed by atoms with Gasteiger partial charge in [0.15, 0.2) is 0 Å². The Labute approximate surface area is 98.6 Å². The van der Waals surface area contributed by atoms with Crippen molar-refractivity contribution in [1.82, 2.24) is 4.72 Å². The first kappa shape index (κ1) is 13.2. The molecule has 0 radical (unpaired) electrons. The van der Waals surface area contributed by atoms with Crippen LogP contribution in [-0.2, 0) is 14.8 Å². The molecule has 1 rings (SSSR count). The zero-order valence-electron chi connectivity index (χ0n) is 8.97. The van der Waals surface area contributed by atoms with E-state index in [-0.39, 0.29) is 4.90 Å². The zero-order chi connectivity index (χ0) is 13.1. The highest BCUT2D eigenvalue weighted by Crippen LogP contribution is 2.14. The number of nitrogens with one attached hydrogen (secondary N) is 1. The fourth-order valence-electron chi connectivity index (χ4n) is 1.17. The Kier molecular flexibility index (Phi) is 3.83. The number of rotatable bonds is 4. The number of nitrogens with zero attached hydrogens (tertiary/aromatic N) is 1. The molecule has 0 aromatic heterocycles. The maximum Gasteiger partial charge on any atom is 0.318 e. The lowest BCUT2D eigenvalue weighted by Gasteiger charge is -2.06. The van der Waals surface area contributed by atoms with Gasteiger partial charge in [-0.25, -0.2) is 8.42 Å². The van der Waals surface area contributed by atoms with Gasteiger partial charge in [0.1, 0.15) is 6.54 Å². The molecule has 0 bridgehead atoms. The van der Waals surface area contributed by atoms with Crippen LogP contribution in [0.5, 0.6) is 0 Å². The molecule has 7 heteroatoms. The molecule has 0 aliphatic heterocycles. The maximum absolute atomic E-state index is 11.6. The number of hydrogen-bond acceptors (Lipinski definition) is 4. The summed E-state index contributed by atoms with van der Waals surface area (Å²) in [6.45, 7) is 0.927. The van der Waals surface area contributed by atoms with E-state index in [0.717, 1.165) is 0 Å². The molecule has 0 fully saturated rings. The van der Waals surface area contributed by atoms with Gasteiger partial charge in [-0.05, 0) is 30.7 Å². The molecule has 0 atom stereocenters. The number of carbonyl (C=O) groups is 1. The van der Waals surface area contributed by atoms with E-state index in [1.165, 1.54) is 18.2 Å². The lowest BCUT2D eigenvalue weighted by Crippen LogP contribution is -2.29. The third-order valence-electron chi connectivity index (χ3n) is 2.04.